The summed E-state index contributed by atoms with van der Waals surface area (Å²) < 4.78 is 0. The monoisotopic (exact) mass is 256 g/mol. The van der Waals surface area contributed by atoms with Crippen molar-refractivity contribution in [2.45, 2.75) is 65.0 Å². The second-order valence-corrected chi connectivity index (χ2v) is 5.75. The van der Waals surface area contributed by atoms with Gasteiger partial charge >= 0.3 is 6.03 Å². The van der Waals surface area contributed by atoms with E-state index in [1.807, 2.05) is 0 Å². The Balaban J connectivity index is 2.34. The van der Waals surface area contributed by atoms with Crippen LogP contribution in [0, 0.1) is 11.8 Å². The maximum absolute atomic E-state index is 11.7. The first-order valence-corrected chi connectivity index (χ1v) is 7.22. The Hall–Kier alpha value is -0.770. The van der Waals surface area contributed by atoms with E-state index in [-0.39, 0.29) is 24.7 Å². The highest BCUT2D eigenvalue weighted by atomic mass is 16.3. The molecule has 0 aromatic heterocycles. The lowest BCUT2D eigenvalue weighted by atomic mass is 9.78. The molecule has 3 N–H and O–H groups in total. The van der Waals surface area contributed by atoms with Crippen LogP contribution in [0.2, 0.25) is 0 Å². The van der Waals surface area contributed by atoms with Crippen LogP contribution in [-0.2, 0) is 0 Å². The third-order valence-electron chi connectivity index (χ3n) is 4.19. The number of hydrogen-bond donors (Lipinski definition) is 3. The van der Waals surface area contributed by atoms with E-state index in [0.717, 1.165) is 5.92 Å². The van der Waals surface area contributed by atoms with E-state index >= 15 is 0 Å². The molecule has 106 valence electrons. The van der Waals surface area contributed by atoms with Crippen molar-refractivity contribution in [1.29, 1.82) is 0 Å². The molecule has 1 saturated carbocycles. The van der Waals surface area contributed by atoms with E-state index in [9.17, 15) is 4.79 Å². The Kier molecular flexibility index (Phi) is 6.47. The van der Waals surface area contributed by atoms with Crippen LogP contribution in [0.1, 0.15) is 52.9 Å². The zero-order valence-electron chi connectivity index (χ0n) is 11.9. The van der Waals surface area contributed by atoms with Crippen LogP contribution >= 0.6 is 0 Å². The van der Waals surface area contributed by atoms with Crippen molar-refractivity contribution in [2.24, 2.45) is 11.8 Å². The highest BCUT2D eigenvalue weighted by Gasteiger charge is 2.25. The van der Waals surface area contributed by atoms with Crippen LogP contribution < -0.4 is 10.6 Å². The maximum Gasteiger partial charge on any atom is 0.315 e. The fourth-order valence-electron chi connectivity index (χ4n) is 2.72. The minimum Gasteiger partial charge on any atom is -0.394 e. The van der Waals surface area contributed by atoms with Gasteiger partial charge in [-0.1, -0.05) is 39.0 Å². The third kappa shape index (κ3) is 4.84. The van der Waals surface area contributed by atoms with Crippen molar-refractivity contribution >= 4 is 6.03 Å². The number of rotatable bonds is 5. The molecule has 2 amide bonds. The molecule has 0 aromatic rings. The number of carbonyl (C=O) groups excluding carboxylic acids is 1. The molecular formula is C14H28N2O2. The van der Waals surface area contributed by atoms with Crippen molar-refractivity contribution in [2.75, 3.05) is 6.61 Å². The number of carbonyl (C=O) groups is 1. The van der Waals surface area contributed by atoms with E-state index in [2.05, 4.69) is 24.5 Å². The Morgan fingerprint density at radius 2 is 1.78 bits per heavy atom. The van der Waals surface area contributed by atoms with Gasteiger partial charge in [0, 0.05) is 6.04 Å². The van der Waals surface area contributed by atoms with Gasteiger partial charge in [-0.2, -0.15) is 0 Å². The van der Waals surface area contributed by atoms with Gasteiger partial charge in [-0.15, -0.1) is 0 Å². The summed E-state index contributed by atoms with van der Waals surface area (Å²) in [6.07, 6.45) is 6.61. The quantitative estimate of drug-likeness (QED) is 0.706. The molecule has 0 aliphatic heterocycles. The average Bonchev–Trinajstić information content (AvgIpc) is 2.38. The zero-order valence-corrected chi connectivity index (χ0v) is 11.9. The van der Waals surface area contributed by atoms with E-state index in [4.69, 9.17) is 5.11 Å². The van der Waals surface area contributed by atoms with Crippen molar-refractivity contribution < 1.29 is 9.90 Å². The molecular weight excluding hydrogens is 228 g/mol. The summed E-state index contributed by atoms with van der Waals surface area (Å²) >= 11 is 0. The lowest BCUT2D eigenvalue weighted by Gasteiger charge is -2.32. The molecule has 0 spiro atoms. The van der Waals surface area contributed by atoms with Gasteiger partial charge in [-0.05, 0) is 25.7 Å². The molecule has 0 aromatic carbocycles. The summed E-state index contributed by atoms with van der Waals surface area (Å²) in [5, 5.41) is 14.6. The number of aliphatic hydroxyl groups excluding tert-OH is 1. The molecule has 1 aliphatic carbocycles. The molecule has 3 atom stereocenters. The summed E-state index contributed by atoms with van der Waals surface area (Å²) in [4.78, 5) is 11.7. The molecule has 4 heteroatoms. The molecule has 0 heterocycles. The molecule has 4 nitrogen and oxygen atoms in total. The van der Waals surface area contributed by atoms with Gasteiger partial charge in [0.15, 0.2) is 0 Å². The second kappa shape index (κ2) is 7.62. The van der Waals surface area contributed by atoms with Crippen molar-refractivity contribution in [1.82, 2.24) is 10.6 Å². The standard InChI is InChI=1S/C14H28N2O2/c1-10(9-17)15-14(18)16-12(3)11(2)13-7-5-4-6-8-13/h10-13,17H,4-9H2,1-3H3,(H2,15,16,18). The van der Waals surface area contributed by atoms with Gasteiger partial charge in [-0.3, -0.25) is 0 Å². The van der Waals surface area contributed by atoms with Crippen LogP contribution in [0.3, 0.4) is 0 Å². The first kappa shape index (κ1) is 15.3. The molecule has 0 saturated heterocycles. The Morgan fingerprint density at radius 3 is 2.33 bits per heavy atom. The summed E-state index contributed by atoms with van der Waals surface area (Å²) in [6, 6.07) is -0.187. The number of urea groups is 1. The summed E-state index contributed by atoms with van der Waals surface area (Å²) in [6.45, 7) is 6.06. The largest absolute Gasteiger partial charge is 0.394 e. The molecule has 0 radical (unpaired) electrons. The van der Waals surface area contributed by atoms with Gasteiger partial charge in [0.25, 0.3) is 0 Å². The third-order valence-corrected chi connectivity index (χ3v) is 4.19. The number of amides is 2. The minimum absolute atomic E-state index is 0.0278. The van der Waals surface area contributed by atoms with E-state index in [0.29, 0.717) is 5.92 Å². The number of aliphatic hydroxyl groups is 1. The lowest BCUT2D eigenvalue weighted by Crippen LogP contribution is -2.48. The maximum atomic E-state index is 11.7. The van der Waals surface area contributed by atoms with E-state index in [1.165, 1.54) is 32.1 Å². The van der Waals surface area contributed by atoms with Gasteiger partial charge in [-0.25, -0.2) is 4.79 Å². The Labute approximate surface area is 111 Å². The Morgan fingerprint density at radius 1 is 1.17 bits per heavy atom. The van der Waals surface area contributed by atoms with Crippen LogP contribution in [0.4, 0.5) is 4.79 Å². The molecule has 1 aliphatic rings. The number of hydrogen-bond acceptors (Lipinski definition) is 2. The minimum atomic E-state index is -0.192. The molecule has 1 fully saturated rings. The first-order valence-electron chi connectivity index (χ1n) is 7.22. The highest BCUT2D eigenvalue weighted by Crippen LogP contribution is 2.31. The fourth-order valence-corrected chi connectivity index (χ4v) is 2.72. The van der Waals surface area contributed by atoms with Crippen LogP contribution in [-0.4, -0.2) is 29.8 Å². The predicted octanol–water partition coefficient (Wildman–Crippen LogP) is 2.27. The molecule has 18 heavy (non-hydrogen) atoms. The smallest absolute Gasteiger partial charge is 0.315 e. The summed E-state index contributed by atoms with van der Waals surface area (Å²) in [7, 11) is 0. The Bertz CT molecular complexity index is 252. The van der Waals surface area contributed by atoms with Crippen LogP contribution in [0.25, 0.3) is 0 Å². The first-order chi connectivity index (χ1) is 8.54. The van der Waals surface area contributed by atoms with Gasteiger partial charge in [0.1, 0.15) is 0 Å². The van der Waals surface area contributed by atoms with Gasteiger partial charge in [0.05, 0.1) is 12.6 Å². The summed E-state index contributed by atoms with van der Waals surface area (Å²) in [5.74, 6) is 1.25. The zero-order chi connectivity index (χ0) is 13.5. The second-order valence-electron chi connectivity index (χ2n) is 5.75. The van der Waals surface area contributed by atoms with Crippen molar-refractivity contribution in [3.63, 3.8) is 0 Å². The highest BCUT2D eigenvalue weighted by molar-refractivity contribution is 5.74. The topological polar surface area (TPSA) is 61.4 Å². The lowest BCUT2D eigenvalue weighted by molar-refractivity contribution is 0.197. The van der Waals surface area contributed by atoms with Gasteiger partial charge in [0.2, 0.25) is 0 Å². The number of nitrogens with one attached hydrogen (secondary N) is 2. The van der Waals surface area contributed by atoms with Crippen molar-refractivity contribution in [3.05, 3.63) is 0 Å². The normalized spacial score (nSPS) is 22.0. The van der Waals surface area contributed by atoms with Crippen LogP contribution in [0.15, 0.2) is 0 Å². The molecule has 3 unspecified atom stereocenters. The fraction of sp³-hybridized carbons (Fsp3) is 0.929. The van der Waals surface area contributed by atoms with Gasteiger partial charge < -0.3 is 15.7 Å². The SMILES string of the molecule is CC(CO)NC(=O)NC(C)C(C)C1CCCCC1. The molecule has 1 rings (SSSR count). The van der Waals surface area contributed by atoms with Crippen molar-refractivity contribution in [3.8, 4) is 0 Å². The summed E-state index contributed by atoms with van der Waals surface area (Å²) in [5.41, 5.74) is 0. The predicted molar refractivity (Wildman–Crippen MR) is 73.4 cm³/mol. The average molecular weight is 256 g/mol. The van der Waals surface area contributed by atoms with E-state index < -0.39 is 0 Å². The molecule has 0 bridgehead atoms. The van der Waals surface area contributed by atoms with Crippen LogP contribution in [0.5, 0.6) is 0 Å². The van der Waals surface area contributed by atoms with E-state index in [1.54, 1.807) is 6.92 Å².